The Morgan fingerprint density at radius 1 is 1.50 bits per heavy atom. The van der Waals surface area contributed by atoms with Gasteiger partial charge < -0.3 is 14.7 Å². The molecule has 0 aliphatic carbocycles. The van der Waals surface area contributed by atoms with E-state index in [2.05, 4.69) is 0 Å². The van der Waals surface area contributed by atoms with Crippen molar-refractivity contribution in [1.82, 2.24) is 4.90 Å². The second-order valence-corrected chi connectivity index (χ2v) is 4.39. The highest BCUT2D eigenvalue weighted by Gasteiger charge is 2.06. The Balaban J connectivity index is 2.83. The van der Waals surface area contributed by atoms with Gasteiger partial charge in [0.15, 0.2) is 0 Å². The van der Waals surface area contributed by atoms with Gasteiger partial charge in [0.25, 0.3) is 0 Å². The zero-order chi connectivity index (χ0) is 13.5. The highest BCUT2D eigenvalue weighted by molar-refractivity contribution is 6.32. The van der Waals surface area contributed by atoms with Gasteiger partial charge in [-0.1, -0.05) is 23.7 Å². The Kier molecular flexibility index (Phi) is 5.68. The molecule has 0 heterocycles. The molecule has 0 fully saturated rings. The first-order chi connectivity index (χ1) is 8.50. The lowest BCUT2D eigenvalue weighted by molar-refractivity contribution is -0.131. The third-order valence-corrected chi connectivity index (χ3v) is 2.49. The quantitative estimate of drug-likeness (QED) is 0.806. The van der Waals surface area contributed by atoms with E-state index in [1.54, 1.807) is 18.2 Å². The molecule has 1 aromatic carbocycles. The molecule has 0 saturated heterocycles. The summed E-state index contributed by atoms with van der Waals surface area (Å²) in [6.45, 7) is 1.25. The van der Waals surface area contributed by atoms with Crippen molar-refractivity contribution in [2.24, 2.45) is 0 Å². The molecule has 0 radical (unpaired) electrons. The lowest BCUT2D eigenvalue weighted by Gasteiger charge is -2.13. The number of ether oxygens (including phenoxy) is 1. The molecule has 0 unspecified atom stereocenters. The third-order valence-electron chi connectivity index (χ3n) is 2.19. The van der Waals surface area contributed by atoms with E-state index >= 15 is 0 Å². The predicted octanol–water partition coefficient (Wildman–Crippen LogP) is 2.38. The number of likely N-dealkylation sites (N-methyl/N-ethyl adjacent to an activating group) is 1. The fourth-order valence-corrected chi connectivity index (χ4v) is 1.54. The molecule has 0 bridgehead atoms. The molecule has 5 heteroatoms. The van der Waals surface area contributed by atoms with Crippen molar-refractivity contribution >= 4 is 23.6 Å². The van der Waals surface area contributed by atoms with Gasteiger partial charge in [-0.15, -0.1) is 0 Å². The topological polar surface area (TPSA) is 49.8 Å². The van der Waals surface area contributed by atoms with Crippen molar-refractivity contribution in [3.05, 3.63) is 34.9 Å². The number of nitrogens with zero attached hydrogens (tertiary/aromatic N) is 1. The molecule has 98 valence electrons. The number of para-hydroxylation sites is 1. The fourth-order valence-electron chi connectivity index (χ4n) is 1.30. The van der Waals surface area contributed by atoms with Gasteiger partial charge in [-0.3, -0.25) is 0 Å². The fraction of sp³-hybridized carbons (Fsp3) is 0.308. The molecular formula is C13H16ClNO3. The standard InChI is InChI=1S/C13H16ClNO3/c1-15(2)8-9-18-13-10(6-7-12(16)17)4-3-5-11(13)14/h3-7H,8-9H2,1-2H3,(H,16,17)/b7-6+. The Morgan fingerprint density at radius 3 is 2.83 bits per heavy atom. The molecule has 0 aliphatic heterocycles. The van der Waals surface area contributed by atoms with E-state index in [0.717, 1.165) is 12.6 Å². The van der Waals surface area contributed by atoms with Crippen LogP contribution < -0.4 is 4.74 Å². The summed E-state index contributed by atoms with van der Waals surface area (Å²) >= 11 is 6.04. The summed E-state index contributed by atoms with van der Waals surface area (Å²) in [6.07, 6.45) is 2.53. The number of aliphatic carboxylic acids is 1. The van der Waals surface area contributed by atoms with E-state index in [-0.39, 0.29) is 0 Å². The zero-order valence-corrected chi connectivity index (χ0v) is 11.1. The van der Waals surface area contributed by atoms with E-state index in [1.807, 2.05) is 19.0 Å². The maximum absolute atomic E-state index is 10.5. The second-order valence-electron chi connectivity index (χ2n) is 3.98. The Hall–Kier alpha value is -1.52. The molecule has 4 nitrogen and oxygen atoms in total. The maximum Gasteiger partial charge on any atom is 0.328 e. The Morgan fingerprint density at radius 2 is 2.22 bits per heavy atom. The van der Waals surface area contributed by atoms with Crippen LogP contribution >= 0.6 is 11.6 Å². The minimum Gasteiger partial charge on any atom is -0.490 e. The number of carboxylic acid groups (broad SMARTS) is 1. The van der Waals surface area contributed by atoms with Crippen molar-refractivity contribution in [2.75, 3.05) is 27.2 Å². The van der Waals surface area contributed by atoms with Crippen molar-refractivity contribution in [3.63, 3.8) is 0 Å². The van der Waals surface area contributed by atoms with E-state index in [9.17, 15) is 4.79 Å². The van der Waals surface area contributed by atoms with Crippen LogP contribution in [0.4, 0.5) is 0 Å². The molecule has 0 atom stereocenters. The monoisotopic (exact) mass is 269 g/mol. The largest absolute Gasteiger partial charge is 0.490 e. The van der Waals surface area contributed by atoms with Gasteiger partial charge in [0.1, 0.15) is 12.4 Å². The number of carbonyl (C=O) groups is 1. The first kappa shape index (κ1) is 14.5. The summed E-state index contributed by atoms with van der Waals surface area (Å²) in [5.74, 6) is -0.493. The number of benzene rings is 1. The molecule has 1 rings (SSSR count). The molecule has 0 saturated carbocycles. The van der Waals surface area contributed by atoms with Gasteiger partial charge in [-0.25, -0.2) is 4.79 Å². The van der Waals surface area contributed by atoms with Crippen molar-refractivity contribution in [3.8, 4) is 5.75 Å². The lowest BCUT2D eigenvalue weighted by atomic mass is 10.2. The van der Waals surface area contributed by atoms with Gasteiger partial charge in [0.05, 0.1) is 5.02 Å². The average molecular weight is 270 g/mol. The molecule has 0 spiro atoms. The van der Waals surface area contributed by atoms with Gasteiger partial charge >= 0.3 is 5.97 Å². The number of rotatable bonds is 6. The van der Waals surface area contributed by atoms with Crippen LogP contribution in [0.1, 0.15) is 5.56 Å². The summed E-state index contributed by atoms with van der Waals surface area (Å²) in [7, 11) is 3.89. The van der Waals surface area contributed by atoms with Crippen LogP contribution in [0.25, 0.3) is 6.08 Å². The Labute approximate surface area is 111 Å². The van der Waals surface area contributed by atoms with Crippen LogP contribution in [0.2, 0.25) is 5.02 Å². The molecular weight excluding hydrogens is 254 g/mol. The number of hydrogen-bond acceptors (Lipinski definition) is 3. The van der Waals surface area contributed by atoms with Crippen LogP contribution in [0.5, 0.6) is 5.75 Å². The average Bonchev–Trinajstić information content (AvgIpc) is 2.28. The second kappa shape index (κ2) is 7.03. The molecule has 18 heavy (non-hydrogen) atoms. The number of hydrogen-bond donors (Lipinski definition) is 1. The first-order valence-corrected chi connectivity index (χ1v) is 5.85. The maximum atomic E-state index is 10.5. The predicted molar refractivity (Wildman–Crippen MR) is 72.2 cm³/mol. The van der Waals surface area contributed by atoms with E-state index in [1.165, 1.54) is 6.08 Å². The smallest absolute Gasteiger partial charge is 0.328 e. The van der Waals surface area contributed by atoms with Gasteiger partial charge in [-0.2, -0.15) is 0 Å². The van der Waals surface area contributed by atoms with Gasteiger partial charge in [0.2, 0.25) is 0 Å². The van der Waals surface area contributed by atoms with Crippen molar-refractivity contribution < 1.29 is 14.6 Å². The van der Waals surface area contributed by atoms with Crippen molar-refractivity contribution in [1.29, 1.82) is 0 Å². The van der Waals surface area contributed by atoms with Crippen LogP contribution in [0, 0.1) is 0 Å². The SMILES string of the molecule is CN(C)CCOc1c(Cl)cccc1/C=C/C(=O)O. The third kappa shape index (κ3) is 4.77. The molecule has 0 amide bonds. The van der Waals surface area contributed by atoms with E-state index in [0.29, 0.717) is 22.9 Å². The normalized spacial score (nSPS) is 11.1. The minimum absolute atomic E-state index is 0.473. The summed E-state index contributed by atoms with van der Waals surface area (Å²) in [5, 5.41) is 9.09. The number of halogens is 1. The molecule has 0 aliphatic rings. The first-order valence-electron chi connectivity index (χ1n) is 5.47. The zero-order valence-electron chi connectivity index (χ0n) is 10.4. The number of carboxylic acids is 1. The molecule has 1 N–H and O–H groups in total. The van der Waals surface area contributed by atoms with Crippen LogP contribution in [0.15, 0.2) is 24.3 Å². The molecule has 0 aromatic heterocycles. The summed E-state index contributed by atoms with van der Waals surface area (Å²) in [6, 6.07) is 5.23. The van der Waals surface area contributed by atoms with Crippen molar-refractivity contribution in [2.45, 2.75) is 0 Å². The van der Waals surface area contributed by atoms with Crippen LogP contribution in [-0.2, 0) is 4.79 Å². The van der Waals surface area contributed by atoms with E-state index in [4.69, 9.17) is 21.4 Å². The Bertz CT molecular complexity index is 444. The molecule has 1 aromatic rings. The lowest BCUT2D eigenvalue weighted by Crippen LogP contribution is -2.19. The summed E-state index contributed by atoms with van der Waals surface area (Å²) < 4.78 is 5.59. The van der Waals surface area contributed by atoms with Crippen LogP contribution in [-0.4, -0.2) is 43.2 Å². The summed E-state index contributed by atoms with van der Waals surface area (Å²) in [4.78, 5) is 12.5. The highest BCUT2D eigenvalue weighted by atomic mass is 35.5. The van der Waals surface area contributed by atoms with Gasteiger partial charge in [0, 0.05) is 18.2 Å². The highest BCUT2D eigenvalue weighted by Crippen LogP contribution is 2.29. The van der Waals surface area contributed by atoms with Crippen LogP contribution in [0.3, 0.4) is 0 Å². The van der Waals surface area contributed by atoms with Gasteiger partial charge in [-0.05, 0) is 26.2 Å². The summed E-state index contributed by atoms with van der Waals surface area (Å²) in [5.41, 5.74) is 0.656. The van der Waals surface area contributed by atoms with E-state index < -0.39 is 5.97 Å². The minimum atomic E-state index is -1.01.